The van der Waals surface area contributed by atoms with Crippen LogP contribution in [0.4, 0.5) is 19.1 Å². The Kier molecular flexibility index (Phi) is 10.4. The Morgan fingerprint density at radius 3 is 2.33 bits per heavy atom. The van der Waals surface area contributed by atoms with Crippen LogP contribution in [0.2, 0.25) is 5.02 Å². The fourth-order valence-electron chi connectivity index (χ4n) is 4.31. The zero-order valence-electron chi connectivity index (χ0n) is 23.3. The average Bonchev–Trinajstić information content (AvgIpc) is 2.98. The van der Waals surface area contributed by atoms with E-state index in [0.29, 0.717) is 53.1 Å². The van der Waals surface area contributed by atoms with Gasteiger partial charge in [0.25, 0.3) is 11.5 Å². The lowest BCUT2D eigenvalue weighted by Gasteiger charge is -2.35. The van der Waals surface area contributed by atoms with Gasteiger partial charge in [-0.2, -0.15) is 18.3 Å². The molecule has 1 amide bonds. The second-order valence-electron chi connectivity index (χ2n) is 9.69. The standard InChI is InChI=1S/C27H30ClF3N6O6/c1-17(15-42-16-21(38)24(39)35-7-9-36(10-8-35)26-32-11-19(28)12-33-26)43-22-13-34-37(25(40)23(22)27(29,30)31)14-18-3-5-20(41-2)6-4-18/h3-6,11-13,17,21,38H,7-10,14-16H2,1-2H3. The molecular weight excluding hydrogens is 597 g/mol. The van der Waals surface area contributed by atoms with Crippen LogP contribution in [0.1, 0.15) is 18.1 Å². The van der Waals surface area contributed by atoms with Crippen LogP contribution in [0.5, 0.6) is 11.5 Å². The summed E-state index contributed by atoms with van der Waals surface area (Å²) in [5, 5.41) is 14.6. The number of aromatic nitrogens is 4. The van der Waals surface area contributed by atoms with E-state index in [1.807, 2.05) is 4.90 Å². The van der Waals surface area contributed by atoms with Gasteiger partial charge < -0.3 is 29.1 Å². The summed E-state index contributed by atoms with van der Waals surface area (Å²) in [7, 11) is 1.48. The van der Waals surface area contributed by atoms with Crippen LogP contribution in [-0.2, 0) is 22.3 Å². The van der Waals surface area contributed by atoms with E-state index in [9.17, 15) is 27.9 Å². The maximum absolute atomic E-state index is 13.9. The minimum absolute atomic E-state index is 0.194. The Bertz CT molecular complexity index is 1430. The van der Waals surface area contributed by atoms with Crippen molar-refractivity contribution in [3.63, 3.8) is 0 Å². The predicted octanol–water partition coefficient (Wildman–Crippen LogP) is 2.26. The third kappa shape index (κ3) is 8.33. The molecule has 4 rings (SSSR count). The minimum Gasteiger partial charge on any atom is -0.497 e. The topological polar surface area (TPSA) is 132 Å². The third-order valence-corrected chi connectivity index (χ3v) is 6.70. The molecule has 2 unspecified atom stereocenters. The van der Waals surface area contributed by atoms with Gasteiger partial charge in [0, 0.05) is 26.2 Å². The molecule has 0 aliphatic carbocycles. The van der Waals surface area contributed by atoms with Gasteiger partial charge >= 0.3 is 6.18 Å². The molecule has 232 valence electrons. The van der Waals surface area contributed by atoms with Gasteiger partial charge in [-0.05, 0) is 24.6 Å². The number of amides is 1. The fraction of sp³-hybridized carbons (Fsp3) is 0.444. The number of alkyl halides is 3. The van der Waals surface area contributed by atoms with E-state index in [2.05, 4.69) is 15.1 Å². The molecule has 3 aromatic rings. The van der Waals surface area contributed by atoms with Gasteiger partial charge in [0.05, 0.1) is 50.5 Å². The number of carbonyl (C=O) groups is 1. The molecule has 1 aliphatic heterocycles. The van der Waals surface area contributed by atoms with Crippen molar-refractivity contribution in [3.05, 3.63) is 69.4 Å². The number of hydrogen-bond donors (Lipinski definition) is 1. The second-order valence-corrected chi connectivity index (χ2v) is 10.1. The lowest BCUT2D eigenvalue weighted by atomic mass is 10.2. The molecule has 2 atom stereocenters. The molecular formula is C27H30ClF3N6O6. The van der Waals surface area contributed by atoms with Crippen LogP contribution in [0.25, 0.3) is 0 Å². The summed E-state index contributed by atoms with van der Waals surface area (Å²) in [5.41, 5.74) is -2.32. The molecule has 3 heterocycles. The first-order valence-electron chi connectivity index (χ1n) is 13.2. The van der Waals surface area contributed by atoms with Crippen molar-refractivity contribution in [1.29, 1.82) is 0 Å². The highest BCUT2D eigenvalue weighted by Gasteiger charge is 2.39. The number of aliphatic hydroxyl groups is 1. The summed E-state index contributed by atoms with van der Waals surface area (Å²) in [6.07, 6.45) is -3.68. The molecule has 1 aliphatic rings. The molecule has 2 aromatic heterocycles. The van der Waals surface area contributed by atoms with E-state index in [0.717, 1.165) is 6.20 Å². The molecule has 0 radical (unpaired) electrons. The quantitative estimate of drug-likeness (QED) is 0.338. The van der Waals surface area contributed by atoms with E-state index in [1.165, 1.54) is 31.3 Å². The number of hydrogen-bond acceptors (Lipinski definition) is 10. The molecule has 16 heteroatoms. The zero-order valence-corrected chi connectivity index (χ0v) is 24.1. The number of anilines is 1. The maximum atomic E-state index is 13.9. The van der Waals surface area contributed by atoms with Gasteiger partial charge in [-0.25, -0.2) is 14.6 Å². The van der Waals surface area contributed by atoms with Gasteiger partial charge in [0.1, 0.15) is 11.9 Å². The zero-order chi connectivity index (χ0) is 31.1. The molecule has 1 fully saturated rings. The van der Waals surface area contributed by atoms with Crippen molar-refractivity contribution in [2.24, 2.45) is 0 Å². The summed E-state index contributed by atoms with van der Waals surface area (Å²) in [6, 6.07) is 6.46. The van der Waals surface area contributed by atoms with Gasteiger partial charge in [0.2, 0.25) is 5.95 Å². The second kappa shape index (κ2) is 14.0. The van der Waals surface area contributed by atoms with Gasteiger partial charge in [-0.15, -0.1) is 0 Å². The van der Waals surface area contributed by atoms with Crippen molar-refractivity contribution in [1.82, 2.24) is 24.6 Å². The van der Waals surface area contributed by atoms with Crippen LogP contribution in [-0.4, -0.2) is 94.4 Å². The van der Waals surface area contributed by atoms with Crippen molar-refractivity contribution < 1.29 is 37.3 Å². The van der Waals surface area contributed by atoms with Gasteiger partial charge in [-0.1, -0.05) is 23.7 Å². The lowest BCUT2D eigenvalue weighted by Crippen LogP contribution is -2.52. The molecule has 12 nitrogen and oxygen atoms in total. The van der Waals surface area contributed by atoms with Gasteiger partial charge in [-0.3, -0.25) is 9.59 Å². The first-order valence-corrected chi connectivity index (χ1v) is 13.6. The summed E-state index contributed by atoms with van der Waals surface area (Å²) >= 11 is 5.81. The van der Waals surface area contributed by atoms with Crippen molar-refractivity contribution >= 4 is 23.5 Å². The van der Waals surface area contributed by atoms with Crippen LogP contribution in [0.15, 0.2) is 47.7 Å². The fourth-order valence-corrected chi connectivity index (χ4v) is 4.41. The van der Waals surface area contributed by atoms with E-state index in [-0.39, 0.29) is 13.2 Å². The number of halogens is 4. The van der Waals surface area contributed by atoms with E-state index >= 15 is 0 Å². The highest BCUT2D eigenvalue weighted by atomic mass is 35.5. The van der Waals surface area contributed by atoms with E-state index in [1.54, 1.807) is 24.3 Å². The number of piperazine rings is 1. The Labute approximate surface area is 249 Å². The van der Waals surface area contributed by atoms with Gasteiger partial charge in [0.15, 0.2) is 17.4 Å². The summed E-state index contributed by atoms with van der Waals surface area (Å²) in [5.74, 6) is -0.263. The Morgan fingerprint density at radius 2 is 1.72 bits per heavy atom. The number of carbonyl (C=O) groups excluding carboxylic acids is 1. The Morgan fingerprint density at radius 1 is 1.07 bits per heavy atom. The predicted molar refractivity (Wildman–Crippen MR) is 148 cm³/mol. The number of methoxy groups -OCH3 is 1. The number of ether oxygens (including phenoxy) is 3. The summed E-state index contributed by atoms with van der Waals surface area (Å²) in [6.45, 7) is 2.09. The number of benzene rings is 1. The summed E-state index contributed by atoms with van der Waals surface area (Å²) in [4.78, 5) is 37.1. The highest BCUT2D eigenvalue weighted by molar-refractivity contribution is 6.30. The molecule has 43 heavy (non-hydrogen) atoms. The van der Waals surface area contributed by atoms with Crippen LogP contribution in [0.3, 0.4) is 0 Å². The highest BCUT2D eigenvalue weighted by Crippen LogP contribution is 2.33. The van der Waals surface area contributed by atoms with Crippen molar-refractivity contribution in [2.75, 3.05) is 51.4 Å². The molecule has 0 spiro atoms. The number of aliphatic hydroxyl groups excluding tert-OH is 1. The number of nitrogens with zero attached hydrogens (tertiary/aromatic N) is 6. The van der Waals surface area contributed by atoms with E-state index < -0.39 is 47.8 Å². The monoisotopic (exact) mass is 626 g/mol. The summed E-state index contributed by atoms with van der Waals surface area (Å²) < 4.78 is 58.1. The first-order chi connectivity index (χ1) is 20.5. The maximum Gasteiger partial charge on any atom is 0.425 e. The molecule has 1 N–H and O–H groups in total. The lowest BCUT2D eigenvalue weighted by molar-refractivity contribution is -0.145. The van der Waals surface area contributed by atoms with Crippen LogP contribution < -0.4 is 19.9 Å². The largest absolute Gasteiger partial charge is 0.497 e. The Hall–Kier alpha value is -3.95. The van der Waals surface area contributed by atoms with Crippen LogP contribution >= 0.6 is 11.6 Å². The Balaban J connectivity index is 1.29. The molecule has 1 aromatic carbocycles. The van der Waals surface area contributed by atoms with Crippen LogP contribution in [0, 0.1) is 0 Å². The minimum atomic E-state index is -5.01. The van der Waals surface area contributed by atoms with E-state index in [4.69, 9.17) is 25.8 Å². The first kappa shape index (κ1) is 32.0. The normalized spacial score (nSPS) is 15.2. The average molecular weight is 627 g/mol. The third-order valence-electron chi connectivity index (χ3n) is 6.51. The SMILES string of the molecule is COc1ccc(Cn2ncc(OC(C)COCC(O)C(=O)N3CCN(c4ncc(Cl)cn4)CC3)c(C(F)(F)F)c2=O)cc1. The molecule has 0 bridgehead atoms. The smallest absolute Gasteiger partial charge is 0.425 e. The van der Waals surface area contributed by atoms with Crippen molar-refractivity contribution in [2.45, 2.75) is 31.9 Å². The van der Waals surface area contributed by atoms with Crippen molar-refractivity contribution in [3.8, 4) is 11.5 Å². The molecule has 0 saturated carbocycles. The number of rotatable bonds is 11. The molecule has 1 saturated heterocycles.